The van der Waals surface area contributed by atoms with Crippen molar-refractivity contribution in [1.29, 1.82) is 5.26 Å². The van der Waals surface area contributed by atoms with Gasteiger partial charge in [-0.05, 0) is 25.1 Å². The van der Waals surface area contributed by atoms with Gasteiger partial charge < -0.3 is 5.11 Å². The molecule has 0 fully saturated rings. The number of rotatable bonds is 4. The number of aliphatic carboxylic acids is 1. The second kappa shape index (κ2) is 6.39. The molecule has 0 saturated carbocycles. The number of aryl methyl sites for hydroxylation is 1. The van der Waals surface area contributed by atoms with Gasteiger partial charge in [0.2, 0.25) is 0 Å². The van der Waals surface area contributed by atoms with Crippen LogP contribution in [0.3, 0.4) is 0 Å². The molecule has 0 aliphatic heterocycles. The topological polar surface area (TPSA) is 74.0 Å². The predicted molar refractivity (Wildman–Crippen MR) is 81.2 cm³/mol. The number of benzene rings is 1. The molecule has 0 atom stereocenters. The van der Waals surface area contributed by atoms with Crippen LogP contribution in [0, 0.1) is 18.3 Å². The quantitative estimate of drug-likeness (QED) is 0.886. The molecule has 0 radical (unpaired) electrons. The standard InChI is InChI=1S/C13H9BrN2O2S2/c1-7-11(5-12(17)18)20-13(16-7)19-10-3-2-9(14)4-8(10)6-15/h2-4H,5H2,1H3,(H,17,18). The molecule has 0 spiro atoms. The van der Waals surface area contributed by atoms with E-state index in [4.69, 9.17) is 10.4 Å². The maximum absolute atomic E-state index is 10.8. The lowest BCUT2D eigenvalue weighted by Gasteiger charge is -2.01. The van der Waals surface area contributed by atoms with Gasteiger partial charge in [0.25, 0.3) is 0 Å². The number of aromatic nitrogens is 1. The minimum atomic E-state index is -0.866. The molecule has 1 heterocycles. The molecule has 0 aliphatic carbocycles. The van der Waals surface area contributed by atoms with E-state index in [9.17, 15) is 4.79 Å². The summed E-state index contributed by atoms with van der Waals surface area (Å²) in [7, 11) is 0. The zero-order valence-corrected chi connectivity index (χ0v) is 13.6. The highest BCUT2D eigenvalue weighted by atomic mass is 79.9. The molecule has 1 aromatic carbocycles. The largest absolute Gasteiger partial charge is 0.481 e. The second-order valence-electron chi connectivity index (χ2n) is 3.91. The van der Waals surface area contributed by atoms with Crippen molar-refractivity contribution >= 4 is 45.0 Å². The summed E-state index contributed by atoms with van der Waals surface area (Å²) in [4.78, 5) is 16.7. The van der Waals surface area contributed by atoms with Crippen molar-refractivity contribution in [2.45, 2.75) is 22.6 Å². The number of carboxylic acids is 1. The third-order valence-corrected chi connectivity index (χ3v) is 5.23. The lowest BCUT2D eigenvalue weighted by molar-refractivity contribution is -0.136. The Kier molecular flexibility index (Phi) is 4.81. The summed E-state index contributed by atoms with van der Waals surface area (Å²) in [5.41, 5.74) is 1.30. The first kappa shape index (κ1) is 15.0. The van der Waals surface area contributed by atoms with Crippen LogP contribution in [-0.2, 0) is 11.2 Å². The van der Waals surface area contributed by atoms with Crippen LogP contribution >= 0.6 is 39.0 Å². The summed E-state index contributed by atoms with van der Waals surface area (Å²) in [6.07, 6.45) is -0.0183. The molecule has 2 rings (SSSR count). The first-order valence-electron chi connectivity index (χ1n) is 5.55. The number of hydrogen-bond donors (Lipinski definition) is 1. The third-order valence-electron chi connectivity index (χ3n) is 2.44. The summed E-state index contributed by atoms with van der Waals surface area (Å²) in [6.45, 7) is 1.80. The highest BCUT2D eigenvalue weighted by Gasteiger charge is 2.13. The summed E-state index contributed by atoms with van der Waals surface area (Å²) < 4.78 is 1.60. The van der Waals surface area contributed by atoms with Gasteiger partial charge in [0.05, 0.1) is 17.7 Å². The van der Waals surface area contributed by atoms with E-state index in [0.29, 0.717) is 5.56 Å². The number of thiazole rings is 1. The zero-order valence-electron chi connectivity index (χ0n) is 10.4. The summed E-state index contributed by atoms with van der Waals surface area (Å²) in [6, 6.07) is 7.60. The first-order chi connectivity index (χ1) is 9.49. The summed E-state index contributed by atoms with van der Waals surface area (Å²) in [5.74, 6) is -0.866. The Morgan fingerprint density at radius 3 is 3.00 bits per heavy atom. The van der Waals surface area contributed by atoms with E-state index >= 15 is 0 Å². The molecule has 7 heteroatoms. The summed E-state index contributed by atoms with van der Waals surface area (Å²) >= 11 is 6.06. The second-order valence-corrected chi connectivity index (χ2v) is 7.20. The molecule has 1 N–H and O–H groups in total. The van der Waals surface area contributed by atoms with Gasteiger partial charge in [-0.3, -0.25) is 4.79 Å². The fraction of sp³-hybridized carbons (Fsp3) is 0.154. The van der Waals surface area contributed by atoms with Crippen molar-refractivity contribution in [1.82, 2.24) is 4.98 Å². The van der Waals surface area contributed by atoms with Gasteiger partial charge in [-0.2, -0.15) is 5.26 Å². The van der Waals surface area contributed by atoms with Crippen LogP contribution in [0.2, 0.25) is 0 Å². The maximum Gasteiger partial charge on any atom is 0.308 e. The Bertz CT molecular complexity index is 707. The molecule has 0 amide bonds. The van der Waals surface area contributed by atoms with Gasteiger partial charge >= 0.3 is 5.97 Å². The van der Waals surface area contributed by atoms with E-state index in [-0.39, 0.29) is 6.42 Å². The number of hydrogen-bond acceptors (Lipinski definition) is 5. The average molecular weight is 369 g/mol. The predicted octanol–water partition coefficient (Wildman–Crippen LogP) is 3.86. The van der Waals surface area contributed by atoms with Crippen molar-refractivity contribution in [2.24, 2.45) is 0 Å². The van der Waals surface area contributed by atoms with Crippen LogP contribution in [0.4, 0.5) is 0 Å². The Morgan fingerprint density at radius 2 is 2.35 bits per heavy atom. The average Bonchev–Trinajstić information content (AvgIpc) is 2.71. The van der Waals surface area contributed by atoms with Crippen LogP contribution < -0.4 is 0 Å². The lowest BCUT2D eigenvalue weighted by atomic mass is 10.2. The van der Waals surface area contributed by atoms with Gasteiger partial charge in [0, 0.05) is 14.2 Å². The molecule has 20 heavy (non-hydrogen) atoms. The molecule has 0 bridgehead atoms. The lowest BCUT2D eigenvalue weighted by Crippen LogP contribution is -1.99. The van der Waals surface area contributed by atoms with Gasteiger partial charge in [-0.15, -0.1) is 11.3 Å². The fourth-order valence-electron chi connectivity index (χ4n) is 1.52. The van der Waals surface area contributed by atoms with E-state index in [1.807, 2.05) is 12.1 Å². The van der Waals surface area contributed by atoms with Gasteiger partial charge in [-0.1, -0.05) is 27.7 Å². The summed E-state index contributed by atoms with van der Waals surface area (Å²) in [5, 5.41) is 17.9. The highest BCUT2D eigenvalue weighted by molar-refractivity contribution is 9.10. The van der Waals surface area contributed by atoms with Gasteiger partial charge in [0.15, 0.2) is 4.34 Å². The fourth-order valence-corrected chi connectivity index (χ4v) is 4.12. The molecule has 0 saturated heterocycles. The van der Waals surface area contributed by atoms with Crippen molar-refractivity contribution < 1.29 is 9.90 Å². The van der Waals surface area contributed by atoms with E-state index in [1.54, 1.807) is 13.0 Å². The van der Waals surface area contributed by atoms with Crippen molar-refractivity contribution in [3.63, 3.8) is 0 Å². The molecule has 0 unspecified atom stereocenters. The molecule has 0 aliphatic rings. The van der Waals surface area contributed by atoms with Gasteiger partial charge in [0.1, 0.15) is 6.07 Å². The molecule has 102 valence electrons. The number of nitrogens with zero attached hydrogens (tertiary/aromatic N) is 2. The number of nitriles is 1. The van der Waals surface area contributed by atoms with E-state index in [2.05, 4.69) is 27.0 Å². The van der Waals surface area contributed by atoms with Crippen LogP contribution in [0.1, 0.15) is 16.1 Å². The number of halogens is 1. The minimum Gasteiger partial charge on any atom is -0.481 e. The normalized spacial score (nSPS) is 10.2. The smallest absolute Gasteiger partial charge is 0.308 e. The Balaban J connectivity index is 2.27. The van der Waals surface area contributed by atoms with E-state index < -0.39 is 5.97 Å². The third kappa shape index (κ3) is 3.60. The Labute approximate surface area is 132 Å². The minimum absolute atomic E-state index is 0.0183. The van der Waals surface area contributed by atoms with Crippen molar-refractivity contribution in [3.05, 3.63) is 38.8 Å². The van der Waals surface area contributed by atoms with Crippen LogP contribution in [0.5, 0.6) is 0 Å². The van der Waals surface area contributed by atoms with E-state index in [1.165, 1.54) is 23.1 Å². The molecule has 1 aromatic heterocycles. The molecule has 2 aromatic rings. The number of carboxylic acid groups (broad SMARTS) is 1. The molecular formula is C13H9BrN2O2S2. The van der Waals surface area contributed by atoms with Crippen LogP contribution in [-0.4, -0.2) is 16.1 Å². The number of carbonyl (C=O) groups is 1. The highest BCUT2D eigenvalue weighted by Crippen LogP contribution is 2.35. The monoisotopic (exact) mass is 368 g/mol. The Morgan fingerprint density at radius 1 is 1.60 bits per heavy atom. The molecule has 4 nitrogen and oxygen atoms in total. The van der Waals surface area contributed by atoms with Crippen LogP contribution in [0.25, 0.3) is 0 Å². The molecular weight excluding hydrogens is 360 g/mol. The van der Waals surface area contributed by atoms with Crippen molar-refractivity contribution in [3.8, 4) is 6.07 Å². The van der Waals surface area contributed by atoms with Gasteiger partial charge in [-0.25, -0.2) is 4.98 Å². The van der Waals surface area contributed by atoms with E-state index in [0.717, 1.165) is 24.3 Å². The van der Waals surface area contributed by atoms with Crippen molar-refractivity contribution in [2.75, 3.05) is 0 Å². The Hall–Kier alpha value is -1.36. The van der Waals surface area contributed by atoms with Crippen LogP contribution in [0.15, 0.2) is 31.9 Å². The maximum atomic E-state index is 10.8. The first-order valence-corrected chi connectivity index (χ1v) is 7.98. The zero-order chi connectivity index (χ0) is 14.7. The SMILES string of the molecule is Cc1nc(Sc2ccc(Br)cc2C#N)sc1CC(=O)O.